The summed E-state index contributed by atoms with van der Waals surface area (Å²) >= 11 is 0. The van der Waals surface area contributed by atoms with Crippen LogP contribution in [0.3, 0.4) is 0 Å². The fraction of sp³-hybridized carbons (Fsp3) is 0.308. The van der Waals surface area contributed by atoms with E-state index in [9.17, 15) is 4.79 Å². The van der Waals surface area contributed by atoms with Crippen molar-refractivity contribution >= 4 is 6.16 Å². The van der Waals surface area contributed by atoms with Gasteiger partial charge in [0.05, 0.1) is 20.3 Å². The largest absolute Gasteiger partial charge is 0.508 e. The van der Waals surface area contributed by atoms with E-state index in [2.05, 4.69) is 11.3 Å². The second kappa shape index (κ2) is 7.46. The Kier molecular flexibility index (Phi) is 5.82. The zero-order chi connectivity index (χ0) is 12.5. The van der Waals surface area contributed by atoms with E-state index in [-0.39, 0.29) is 6.61 Å². The van der Waals surface area contributed by atoms with Gasteiger partial charge in [-0.2, -0.15) is 0 Å². The van der Waals surface area contributed by atoms with E-state index in [4.69, 9.17) is 9.47 Å². The molecule has 0 aliphatic rings. The summed E-state index contributed by atoms with van der Waals surface area (Å²) in [6.07, 6.45) is 0.270. The van der Waals surface area contributed by atoms with Crippen LogP contribution in [0.25, 0.3) is 0 Å². The smallest absolute Gasteiger partial charge is 0.438 e. The quantitative estimate of drug-likeness (QED) is 0.562. The van der Waals surface area contributed by atoms with Crippen LogP contribution in [-0.4, -0.2) is 26.0 Å². The second-order valence-corrected chi connectivity index (χ2v) is 3.35. The maximum atomic E-state index is 10.9. The average molecular weight is 236 g/mol. The summed E-state index contributed by atoms with van der Waals surface area (Å²) in [4.78, 5) is 10.9. The van der Waals surface area contributed by atoms with Gasteiger partial charge in [0.15, 0.2) is 0 Å². The van der Waals surface area contributed by atoms with Crippen molar-refractivity contribution < 1.29 is 19.0 Å². The molecule has 0 amide bonds. The summed E-state index contributed by atoms with van der Waals surface area (Å²) in [7, 11) is 1.26. The lowest BCUT2D eigenvalue weighted by Crippen LogP contribution is -2.21. The zero-order valence-electron chi connectivity index (χ0n) is 9.80. The molecule has 1 aromatic rings. The van der Waals surface area contributed by atoms with E-state index in [1.54, 1.807) is 0 Å². The third-order valence-corrected chi connectivity index (χ3v) is 2.07. The van der Waals surface area contributed by atoms with Crippen molar-refractivity contribution in [2.45, 2.75) is 12.7 Å². The van der Waals surface area contributed by atoms with E-state index in [1.807, 2.05) is 30.3 Å². The van der Waals surface area contributed by atoms with Crippen molar-refractivity contribution in [3.8, 4) is 0 Å². The van der Waals surface area contributed by atoms with Gasteiger partial charge in [0.25, 0.3) is 0 Å². The highest BCUT2D eigenvalue weighted by Gasteiger charge is 2.10. The first-order valence-electron chi connectivity index (χ1n) is 5.25. The molecule has 1 rings (SSSR count). The summed E-state index contributed by atoms with van der Waals surface area (Å²) in [5.41, 5.74) is 1.06. The molecule has 0 saturated carbocycles. The van der Waals surface area contributed by atoms with Gasteiger partial charge in [-0.15, -0.1) is 0 Å². The molecule has 1 aromatic carbocycles. The lowest BCUT2D eigenvalue weighted by atomic mass is 10.2. The maximum Gasteiger partial charge on any atom is 0.508 e. The van der Waals surface area contributed by atoms with Gasteiger partial charge in [0.2, 0.25) is 0 Å². The topological polar surface area (TPSA) is 44.8 Å². The number of hydrogen-bond donors (Lipinski definition) is 0. The van der Waals surface area contributed by atoms with E-state index >= 15 is 0 Å². The zero-order valence-corrected chi connectivity index (χ0v) is 9.80. The van der Waals surface area contributed by atoms with Crippen LogP contribution in [-0.2, 0) is 20.8 Å². The van der Waals surface area contributed by atoms with Gasteiger partial charge in [-0.05, 0) is 11.6 Å². The van der Waals surface area contributed by atoms with Gasteiger partial charge in [0, 0.05) is 0 Å². The number of methoxy groups -OCH3 is 1. The van der Waals surface area contributed by atoms with Crippen molar-refractivity contribution in [3.05, 3.63) is 48.6 Å². The highest BCUT2D eigenvalue weighted by atomic mass is 16.7. The molecule has 0 bridgehead atoms. The molecular weight excluding hydrogens is 220 g/mol. The molecule has 0 spiro atoms. The number of benzene rings is 1. The fourth-order valence-corrected chi connectivity index (χ4v) is 1.19. The highest BCUT2D eigenvalue weighted by Crippen LogP contribution is 2.03. The molecule has 0 unspecified atom stereocenters. The molecule has 0 aromatic heterocycles. The van der Waals surface area contributed by atoms with Crippen molar-refractivity contribution in [3.63, 3.8) is 0 Å². The summed E-state index contributed by atoms with van der Waals surface area (Å²) < 4.78 is 14.7. The van der Waals surface area contributed by atoms with E-state index in [0.29, 0.717) is 6.61 Å². The van der Waals surface area contributed by atoms with E-state index in [0.717, 1.165) is 5.56 Å². The summed E-state index contributed by atoms with van der Waals surface area (Å²) in [5, 5.41) is 0. The molecule has 4 nitrogen and oxygen atoms in total. The molecule has 0 aliphatic carbocycles. The van der Waals surface area contributed by atoms with Gasteiger partial charge < -0.3 is 14.2 Å². The molecule has 1 atom stereocenters. The van der Waals surface area contributed by atoms with E-state index in [1.165, 1.54) is 13.2 Å². The van der Waals surface area contributed by atoms with Crippen molar-refractivity contribution in [1.29, 1.82) is 0 Å². The Bertz CT molecular complexity index is 348. The Morgan fingerprint density at radius 1 is 1.41 bits per heavy atom. The third-order valence-electron chi connectivity index (χ3n) is 2.07. The normalized spacial score (nSPS) is 11.6. The van der Waals surface area contributed by atoms with Gasteiger partial charge in [-0.25, -0.2) is 4.79 Å². The first kappa shape index (κ1) is 13.3. The molecule has 0 radical (unpaired) electrons. The van der Waals surface area contributed by atoms with Crippen molar-refractivity contribution in [2.24, 2.45) is 0 Å². The fourth-order valence-electron chi connectivity index (χ4n) is 1.19. The van der Waals surface area contributed by atoms with Crippen LogP contribution in [0, 0.1) is 0 Å². The van der Waals surface area contributed by atoms with Gasteiger partial charge in [0.1, 0.15) is 6.10 Å². The Hall–Kier alpha value is -1.81. The number of carbonyl (C=O) groups is 1. The van der Waals surface area contributed by atoms with Gasteiger partial charge in [-0.1, -0.05) is 36.9 Å². The summed E-state index contributed by atoms with van der Waals surface area (Å²) in [5.74, 6) is 0. The molecular formula is C13H16O4. The predicted octanol–water partition coefficient (Wildman–Crippen LogP) is 2.54. The van der Waals surface area contributed by atoms with Crippen LogP contribution in [0.2, 0.25) is 0 Å². The van der Waals surface area contributed by atoms with E-state index < -0.39 is 12.3 Å². The lowest BCUT2D eigenvalue weighted by molar-refractivity contribution is 0.00525. The summed E-state index contributed by atoms with van der Waals surface area (Å²) in [6.45, 7) is 4.29. The van der Waals surface area contributed by atoms with Crippen LogP contribution in [0.4, 0.5) is 4.79 Å². The Morgan fingerprint density at radius 3 is 2.71 bits per heavy atom. The Labute approximate surface area is 101 Å². The van der Waals surface area contributed by atoms with Crippen LogP contribution in [0.1, 0.15) is 5.56 Å². The first-order valence-corrected chi connectivity index (χ1v) is 5.25. The maximum absolute atomic E-state index is 10.9. The predicted molar refractivity (Wildman–Crippen MR) is 63.6 cm³/mol. The average Bonchev–Trinajstić information content (AvgIpc) is 2.38. The minimum atomic E-state index is -0.738. The molecule has 0 heterocycles. The first-order chi connectivity index (χ1) is 8.26. The molecule has 0 N–H and O–H groups in total. The molecule has 0 fully saturated rings. The number of ether oxygens (including phenoxy) is 3. The highest BCUT2D eigenvalue weighted by molar-refractivity contribution is 5.60. The van der Waals surface area contributed by atoms with Gasteiger partial charge in [-0.3, -0.25) is 0 Å². The number of hydrogen-bond acceptors (Lipinski definition) is 4. The Morgan fingerprint density at radius 2 is 2.12 bits per heavy atom. The van der Waals surface area contributed by atoms with Crippen LogP contribution in [0.15, 0.2) is 43.0 Å². The summed E-state index contributed by atoms with van der Waals surface area (Å²) in [6, 6.07) is 9.74. The SMILES string of the molecule is C=C[C@@H](COCc1ccccc1)OC(=O)OC. The van der Waals surface area contributed by atoms with Gasteiger partial charge >= 0.3 is 6.16 Å². The minimum absolute atomic E-state index is 0.257. The minimum Gasteiger partial charge on any atom is -0.438 e. The molecule has 4 heteroatoms. The number of carbonyl (C=O) groups excluding carboxylic acids is 1. The lowest BCUT2D eigenvalue weighted by Gasteiger charge is -2.13. The third kappa shape index (κ3) is 5.17. The molecule has 92 valence electrons. The second-order valence-electron chi connectivity index (χ2n) is 3.35. The monoisotopic (exact) mass is 236 g/mol. The van der Waals surface area contributed by atoms with Crippen LogP contribution >= 0.6 is 0 Å². The molecule has 0 aliphatic heterocycles. The Balaban J connectivity index is 2.29. The van der Waals surface area contributed by atoms with Crippen LogP contribution < -0.4 is 0 Å². The molecule has 17 heavy (non-hydrogen) atoms. The number of rotatable bonds is 6. The van der Waals surface area contributed by atoms with Crippen molar-refractivity contribution in [1.82, 2.24) is 0 Å². The molecule has 0 saturated heterocycles. The van der Waals surface area contributed by atoms with Crippen LogP contribution in [0.5, 0.6) is 0 Å². The standard InChI is InChI=1S/C13H16O4/c1-3-12(17-13(14)15-2)10-16-9-11-7-5-4-6-8-11/h3-8,12H,1,9-10H2,2H3/t12-/m0/s1. The van der Waals surface area contributed by atoms with Crippen molar-refractivity contribution in [2.75, 3.05) is 13.7 Å².